The molecule has 8 nitrogen and oxygen atoms in total. The largest absolute Gasteiger partial charge is 0.457 e. The van der Waals surface area contributed by atoms with E-state index in [4.69, 9.17) is 21.3 Å². The quantitative estimate of drug-likeness (QED) is 0.223. The zero-order valence-electron chi connectivity index (χ0n) is 23.0. The molecule has 1 aromatic heterocycles. The molecule has 0 radical (unpaired) electrons. The Labute approximate surface area is 255 Å². The lowest BCUT2D eigenvalue weighted by Crippen LogP contribution is -2.34. The van der Waals surface area contributed by atoms with E-state index in [1.807, 2.05) is 42.5 Å². The highest BCUT2D eigenvalue weighted by Crippen LogP contribution is 2.25. The Morgan fingerprint density at radius 3 is 2.37 bits per heavy atom. The lowest BCUT2D eigenvalue weighted by atomic mass is 10.0. The van der Waals surface area contributed by atoms with Crippen LogP contribution in [-0.4, -0.2) is 30.8 Å². The molecule has 1 aliphatic rings. The third-order valence-corrected chi connectivity index (χ3v) is 8.70. The van der Waals surface area contributed by atoms with Gasteiger partial charge in [0.1, 0.15) is 11.5 Å². The molecular weight excluding hydrogens is 584 g/mol. The fraction of sp³-hybridized carbons (Fsp3) is 0.121. The van der Waals surface area contributed by atoms with Crippen LogP contribution in [0.4, 0.5) is 5.95 Å². The number of para-hydroxylation sites is 1. The van der Waals surface area contributed by atoms with Gasteiger partial charge >= 0.3 is 0 Å². The third-order valence-electron chi connectivity index (χ3n) is 7.11. The number of halogens is 1. The first kappa shape index (κ1) is 28.4. The highest BCUT2D eigenvalue weighted by atomic mass is 35.5. The molecule has 0 atom stereocenters. The molecular formula is C33H27ClN4O4S. The highest BCUT2D eigenvalue weighted by Gasteiger charge is 2.25. The van der Waals surface area contributed by atoms with Crippen LogP contribution in [0.2, 0.25) is 5.02 Å². The van der Waals surface area contributed by atoms with Gasteiger partial charge in [0.25, 0.3) is 15.9 Å². The number of ether oxygens (including phenoxy) is 1. The molecule has 0 saturated heterocycles. The second-order valence-corrected chi connectivity index (χ2v) is 12.2. The number of sulfonamides is 1. The number of aromatic nitrogens is 2. The Balaban J connectivity index is 1.25. The lowest BCUT2D eigenvalue weighted by molar-refractivity contribution is 0.0980. The van der Waals surface area contributed by atoms with E-state index in [1.165, 1.54) is 41.6 Å². The van der Waals surface area contributed by atoms with E-state index in [0.717, 1.165) is 18.5 Å². The van der Waals surface area contributed by atoms with E-state index in [1.54, 1.807) is 24.3 Å². The summed E-state index contributed by atoms with van der Waals surface area (Å²) in [6.07, 6.45) is 2.50. The van der Waals surface area contributed by atoms with E-state index in [2.05, 4.69) is 26.7 Å². The van der Waals surface area contributed by atoms with Crippen molar-refractivity contribution in [2.75, 3.05) is 11.4 Å². The summed E-state index contributed by atoms with van der Waals surface area (Å²) < 4.78 is 34.3. The van der Waals surface area contributed by atoms with Crippen LogP contribution < -0.4 is 14.4 Å². The molecule has 0 fully saturated rings. The Morgan fingerprint density at radius 2 is 1.60 bits per heavy atom. The second-order valence-electron chi connectivity index (χ2n) is 10.1. The number of carbonyl (C=O) groups excluding carboxylic acids is 1. The molecule has 6 rings (SSSR count). The summed E-state index contributed by atoms with van der Waals surface area (Å²) in [5.74, 6) is 0.734. The summed E-state index contributed by atoms with van der Waals surface area (Å²) in [5.41, 5.74) is 3.77. The number of carbonyl (C=O) groups is 1. The van der Waals surface area contributed by atoms with Gasteiger partial charge in [0, 0.05) is 30.7 Å². The molecule has 0 aliphatic carbocycles. The number of hydrogen-bond acceptors (Lipinski definition) is 7. The molecule has 0 bridgehead atoms. The number of fused-ring (bicyclic) bond motifs is 1. The zero-order valence-corrected chi connectivity index (χ0v) is 24.6. The van der Waals surface area contributed by atoms with Crippen LogP contribution in [0, 0.1) is 0 Å². The molecule has 4 aromatic carbocycles. The molecule has 216 valence electrons. The average Bonchev–Trinajstić information content (AvgIpc) is 3.01. The van der Waals surface area contributed by atoms with E-state index >= 15 is 0 Å². The maximum absolute atomic E-state index is 13.4. The van der Waals surface area contributed by atoms with Crippen LogP contribution in [-0.2, 0) is 29.4 Å². The normalized spacial score (nSPS) is 12.8. The van der Waals surface area contributed by atoms with Gasteiger partial charge in [0.05, 0.1) is 16.2 Å². The molecule has 0 spiro atoms. The predicted molar refractivity (Wildman–Crippen MR) is 165 cm³/mol. The monoisotopic (exact) mass is 610 g/mol. The van der Waals surface area contributed by atoms with E-state index in [-0.39, 0.29) is 16.9 Å². The lowest BCUT2D eigenvalue weighted by Gasteiger charge is -2.29. The molecule has 43 heavy (non-hydrogen) atoms. The second kappa shape index (κ2) is 12.2. The van der Waals surface area contributed by atoms with Crippen LogP contribution in [0.25, 0.3) is 0 Å². The molecule has 10 heteroatoms. The number of hydrogen-bond donors (Lipinski definition) is 1. The van der Waals surface area contributed by atoms with Gasteiger partial charge in [-0.2, -0.15) is 0 Å². The van der Waals surface area contributed by atoms with E-state index < -0.39 is 15.9 Å². The standard InChI is InChI=1S/C33H27ClN4O4S/c34-26-10-6-7-23(19-26)20-31-30(21-35-33(36-31)38-18-17-24-8-4-5-9-25(24)22-38)32(39)37-43(40,41)29-15-13-28(14-16-29)42-27-11-2-1-3-12-27/h1-16,19,21H,17-18,20,22H2,(H,37,39). The first-order chi connectivity index (χ1) is 20.8. The van der Waals surface area contributed by atoms with Crippen LogP contribution >= 0.6 is 11.6 Å². The molecule has 1 aliphatic heterocycles. The maximum Gasteiger partial charge on any atom is 0.268 e. The van der Waals surface area contributed by atoms with Crippen molar-refractivity contribution in [1.29, 1.82) is 0 Å². The summed E-state index contributed by atoms with van der Waals surface area (Å²) in [7, 11) is -4.20. The minimum atomic E-state index is -4.20. The summed E-state index contributed by atoms with van der Waals surface area (Å²) >= 11 is 6.22. The van der Waals surface area contributed by atoms with Crippen LogP contribution in [0.1, 0.15) is 32.7 Å². The van der Waals surface area contributed by atoms with Gasteiger partial charge in [-0.05, 0) is 71.6 Å². The Morgan fingerprint density at radius 1 is 0.884 bits per heavy atom. The van der Waals surface area contributed by atoms with Crippen molar-refractivity contribution < 1.29 is 17.9 Å². The number of anilines is 1. The molecule has 0 unspecified atom stereocenters. The van der Waals surface area contributed by atoms with Gasteiger partial charge in [-0.15, -0.1) is 0 Å². The van der Waals surface area contributed by atoms with Crippen molar-refractivity contribution in [3.63, 3.8) is 0 Å². The fourth-order valence-corrected chi connectivity index (χ4v) is 6.12. The van der Waals surface area contributed by atoms with Gasteiger partial charge < -0.3 is 9.64 Å². The van der Waals surface area contributed by atoms with Crippen molar-refractivity contribution in [2.45, 2.75) is 24.3 Å². The molecule has 1 amide bonds. The first-order valence-electron chi connectivity index (χ1n) is 13.7. The smallest absolute Gasteiger partial charge is 0.268 e. The summed E-state index contributed by atoms with van der Waals surface area (Å²) in [5, 5.41) is 0.549. The SMILES string of the molecule is O=C(NS(=O)(=O)c1ccc(Oc2ccccc2)cc1)c1cnc(N2CCc3ccccc3C2)nc1Cc1cccc(Cl)c1. The average molecular weight is 611 g/mol. The topological polar surface area (TPSA) is 101 Å². The van der Waals surface area contributed by atoms with Gasteiger partial charge in [-0.25, -0.2) is 23.1 Å². The third kappa shape index (κ3) is 6.69. The Hall–Kier alpha value is -4.73. The predicted octanol–water partition coefficient (Wildman–Crippen LogP) is 6.19. The van der Waals surface area contributed by atoms with Crippen molar-refractivity contribution in [3.8, 4) is 11.5 Å². The zero-order chi connectivity index (χ0) is 29.8. The first-order valence-corrected chi connectivity index (χ1v) is 15.5. The Kier molecular flexibility index (Phi) is 8.09. The molecule has 0 saturated carbocycles. The van der Waals surface area contributed by atoms with Crippen LogP contribution in [0.3, 0.4) is 0 Å². The minimum absolute atomic E-state index is 0.0636. The number of nitrogens with one attached hydrogen (secondary N) is 1. The molecule has 5 aromatic rings. The number of amides is 1. The number of rotatable bonds is 8. The number of benzene rings is 4. The summed E-state index contributed by atoms with van der Waals surface area (Å²) in [4.78, 5) is 24.7. The van der Waals surface area contributed by atoms with Gasteiger partial charge in [-0.3, -0.25) is 4.79 Å². The molecule has 2 heterocycles. The van der Waals surface area contributed by atoms with Gasteiger partial charge in [0.15, 0.2) is 0 Å². The minimum Gasteiger partial charge on any atom is -0.457 e. The van der Waals surface area contributed by atoms with Crippen molar-refractivity contribution in [2.24, 2.45) is 0 Å². The van der Waals surface area contributed by atoms with E-state index in [9.17, 15) is 13.2 Å². The highest BCUT2D eigenvalue weighted by molar-refractivity contribution is 7.90. The van der Waals surface area contributed by atoms with Gasteiger partial charge in [-0.1, -0.05) is 66.2 Å². The van der Waals surface area contributed by atoms with E-state index in [0.29, 0.717) is 34.7 Å². The maximum atomic E-state index is 13.4. The van der Waals surface area contributed by atoms with Crippen molar-refractivity contribution in [3.05, 3.63) is 142 Å². The van der Waals surface area contributed by atoms with Crippen molar-refractivity contribution in [1.82, 2.24) is 14.7 Å². The van der Waals surface area contributed by atoms with Gasteiger partial charge in [0.2, 0.25) is 5.95 Å². The van der Waals surface area contributed by atoms with Crippen LogP contribution in [0.5, 0.6) is 11.5 Å². The summed E-state index contributed by atoms with van der Waals surface area (Å²) in [6, 6.07) is 30.5. The fourth-order valence-electron chi connectivity index (χ4n) is 4.94. The van der Waals surface area contributed by atoms with Crippen LogP contribution in [0.15, 0.2) is 114 Å². The molecule has 1 N–H and O–H groups in total. The summed E-state index contributed by atoms with van der Waals surface area (Å²) in [6.45, 7) is 1.36. The Bertz CT molecular complexity index is 1880. The number of nitrogens with zero attached hydrogens (tertiary/aromatic N) is 3. The van der Waals surface area contributed by atoms with Crippen molar-refractivity contribution >= 4 is 33.5 Å².